The van der Waals surface area contributed by atoms with E-state index in [2.05, 4.69) is 52.5 Å². The van der Waals surface area contributed by atoms with Gasteiger partial charge in [0.2, 0.25) is 0 Å². The van der Waals surface area contributed by atoms with Gasteiger partial charge in [0.05, 0.1) is 10.3 Å². The number of rotatable bonds is 5. The quantitative estimate of drug-likeness (QED) is 0.573. The number of nitrogens with zero attached hydrogens (tertiary/aromatic N) is 3. The van der Waals surface area contributed by atoms with Gasteiger partial charge in [0, 0.05) is 38.3 Å². The first-order valence-corrected chi connectivity index (χ1v) is 12.8. The highest BCUT2D eigenvalue weighted by atomic mass is 32.1. The molecule has 2 saturated heterocycles. The molecule has 5 rings (SSSR count). The summed E-state index contributed by atoms with van der Waals surface area (Å²) in [7, 11) is 0. The number of ether oxygens (including phenoxy) is 1. The van der Waals surface area contributed by atoms with Crippen LogP contribution in [0, 0.1) is 12.8 Å². The van der Waals surface area contributed by atoms with Crippen molar-refractivity contribution in [2.75, 3.05) is 38.2 Å². The Morgan fingerprint density at radius 1 is 1.24 bits per heavy atom. The molecule has 174 valence electrons. The minimum Gasteiger partial charge on any atom is -0.381 e. The fraction of sp³-hybridized carbons (Fsp3) is 0.500. The van der Waals surface area contributed by atoms with Crippen molar-refractivity contribution in [3.8, 4) is 0 Å². The molecule has 2 aliphatic heterocycles. The van der Waals surface area contributed by atoms with E-state index < -0.39 is 0 Å². The molecule has 0 spiro atoms. The number of hydrogen-bond donors (Lipinski definition) is 1. The predicted molar refractivity (Wildman–Crippen MR) is 133 cm³/mol. The maximum absolute atomic E-state index is 13.3. The van der Waals surface area contributed by atoms with Crippen molar-refractivity contribution in [3.05, 3.63) is 52.7 Å². The number of piperidine rings is 1. The van der Waals surface area contributed by atoms with E-state index in [0.717, 1.165) is 78.6 Å². The third-order valence-electron chi connectivity index (χ3n) is 7.30. The number of benzene rings is 1. The maximum atomic E-state index is 13.3. The normalized spacial score (nSPS) is 20.7. The minimum absolute atomic E-state index is 0.00327. The molecule has 0 radical (unpaired) electrons. The highest BCUT2D eigenvalue weighted by Gasteiger charge is 2.35. The van der Waals surface area contributed by atoms with E-state index in [4.69, 9.17) is 4.74 Å². The van der Waals surface area contributed by atoms with Gasteiger partial charge in [-0.15, -0.1) is 11.3 Å². The van der Waals surface area contributed by atoms with Gasteiger partial charge in [-0.1, -0.05) is 37.3 Å². The van der Waals surface area contributed by atoms with Crippen molar-refractivity contribution in [1.29, 1.82) is 0 Å². The summed E-state index contributed by atoms with van der Waals surface area (Å²) in [4.78, 5) is 26.1. The lowest BCUT2D eigenvalue weighted by molar-refractivity contribution is 0.0543. The number of hydrogen-bond acceptors (Lipinski definition) is 6. The second-order valence-corrected chi connectivity index (χ2v) is 10.6. The summed E-state index contributed by atoms with van der Waals surface area (Å²) >= 11 is 1.50. The Bertz CT molecular complexity index is 1120. The number of amides is 1. The second kappa shape index (κ2) is 9.39. The Kier molecular flexibility index (Phi) is 6.34. The van der Waals surface area contributed by atoms with Crippen molar-refractivity contribution in [1.82, 2.24) is 14.9 Å². The summed E-state index contributed by atoms with van der Waals surface area (Å²) in [5.74, 6) is 1.52. The Labute approximate surface area is 199 Å². The predicted octanol–water partition coefficient (Wildman–Crippen LogP) is 5.03. The molecule has 33 heavy (non-hydrogen) atoms. The third kappa shape index (κ3) is 4.36. The van der Waals surface area contributed by atoms with Crippen LogP contribution in [0.1, 0.15) is 53.4 Å². The highest BCUT2D eigenvalue weighted by molar-refractivity contribution is 7.20. The molecular formula is C26H32N4O2S. The third-order valence-corrected chi connectivity index (χ3v) is 8.48. The fourth-order valence-electron chi connectivity index (χ4n) is 5.30. The number of fused-ring (bicyclic) bond motifs is 1. The van der Waals surface area contributed by atoms with Crippen LogP contribution >= 0.6 is 11.3 Å². The zero-order valence-electron chi connectivity index (χ0n) is 19.5. The van der Waals surface area contributed by atoms with Gasteiger partial charge >= 0.3 is 0 Å². The number of thiophene rings is 1. The van der Waals surface area contributed by atoms with E-state index in [1.54, 1.807) is 6.33 Å². The van der Waals surface area contributed by atoms with Gasteiger partial charge in [0.1, 0.15) is 17.0 Å². The molecule has 1 amide bonds. The van der Waals surface area contributed by atoms with Gasteiger partial charge in [-0.05, 0) is 49.7 Å². The van der Waals surface area contributed by atoms with Crippen molar-refractivity contribution in [2.24, 2.45) is 5.92 Å². The average Bonchev–Trinajstić information content (AvgIpc) is 3.20. The number of aryl methyl sites for hydroxylation is 1. The first-order valence-electron chi connectivity index (χ1n) is 12.0. The van der Waals surface area contributed by atoms with Gasteiger partial charge in [0.15, 0.2) is 0 Å². The summed E-state index contributed by atoms with van der Waals surface area (Å²) in [6, 6.07) is 10.7. The Balaban J connectivity index is 1.43. The molecule has 2 aromatic heterocycles. The van der Waals surface area contributed by atoms with E-state index in [1.165, 1.54) is 23.3 Å². The first kappa shape index (κ1) is 22.3. The molecular weight excluding hydrogens is 432 g/mol. The largest absolute Gasteiger partial charge is 0.381 e. The van der Waals surface area contributed by atoms with Crippen LogP contribution in [0.5, 0.6) is 0 Å². The monoisotopic (exact) mass is 464 g/mol. The molecule has 4 heterocycles. The lowest BCUT2D eigenvalue weighted by Gasteiger charge is -2.38. The lowest BCUT2D eigenvalue weighted by atomic mass is 9.74. The van der Waals surface area contributed by atoms with E-state index >= 15 is 0 Å². The smallest absolute Gasteiger partial charge is 0.264 e. The number of aromatic nitrogens is 2. The SMILES string of the molecule is Cc1c(C(=O)N2CCCC(C)C2)sc2ncnc(NCC3(c4ccccc4)CCOCC3)c12. The maximum Gasteiger partial charge on any atom is 0.264 e. The van der Waals surface area contributed by atoms with E-state index in [1.807, 2.05) is 11.8 Å². The zero-order valence-corrected chi connectivity index (χ0v) is 20.3. The van der Waals surface area contributed by atoms with Crippen LogP contribution in [0.4, 0.5) is 5.82 Å². The molecule has 1 N–H and O–H groups in total. The van der Waals surface area contributed by atoms with Gasteiger partial charge < -0.3 is 15.0 Å². The van der Waals surface area contributed by atoms with Crippen molar-refractivity contribution < 1.29 is 9.53 Å². The number of likely N-dealkylation sites (tertiary alicyclic amines) is 1. The van der Waals surface area contributed by atoms with Gasteiger partial charge in [-0.25, -0.2) is 9.97 Å². The van der Waals surface area contributed by atoms with Crippen LogP contribution in [-0.4, -0.2) is 53.6 Å². The zero-order chi connectivity index (χ0) is 22.8. The Morgan fingerprint density at radius 3 is 2.79 bits per heavy atom. The van der Waals surface area contributed by atoms with E-state index in [0.29, 0.717) is 5.92 Å². The summed E-state index contributed by atoms with van der Waals surface area (Å²) in [6.07, 6.45) is 5.82. The summed E-state index contributed by atoms with van der Waals surface area (Å²) in [6.45, 7) is 8.24. The van der Waals surface area contributed by atoms with Crippen LogP contribution in [-0.2, 0) is 10.2 Å². The Morgan fingerprint density at radius 2 is 2.03 bits per heavy atom. The molecule has 7 heteroatoms. The number of carbonyl (C=O) groups excluding carboxylic acids is 1. The molecule has 1 unspecified atom stereocenters. The van der Waals surface area contributed by atoms with Crippen molar-refractivity contribution in [3.63, 3.8) is 0 Å². The molecule has 0 saturated carbocycles. The van der Waals surface area contributed by atoms with Crippen molar-refractivity contribution in [2.45, 2.75) is 44.9 Å². The van der Waals surface area contributed by atoms with Crippen LogP contribution < -0.4 is 5.32 Å². The minimum atomic E-state index is 0.00327. The molecule has 3 aromatic rings. The molecule has 6 nitrogen and oxygen atoms in total. The Hall–Kier alpha value is -2.51. The summed E-state index contributed by atoms with van der Waals surface area (Å²) in [5, 5.41) is 4.63. The highest BCUT2D eigenvalue weighted by Crippen LogP contribution is 2.38. The molecule has 1 aromatic carbocycles. The van der Waals surface area contributed by atoms with Crippen molar-refractivity contribution >= 4 is 33.3 Å². The second-order valence-electron chi connectivity index (χ2n) is 9.57. The van der Waals surface area contributed by atoms with E-state index in [-0.39, 0.29) is 11.3 Å². The van der Waals surface area contributed by atoms with Gasteiger partial charge in [-0.2, -0.15) is 0 Å². The number of carbonyl (C=O) groups is 1. The first-order chi connectivity index (χ1) is 16.1. The standard InChI is InChI=1S/C26H32N4O2S/c1-18-7-6-12-30(15-18)25(31)22-19(2)21-23(28-17-29-24(21)33-22)27-16-26(10-13-32-14-11-26)20-8-4-3-5-9-20/h3-5,8-9,17-18H,6-7,10-16H2,1-2H3,(H,27,28,29). The molecule has 2 aliphatic rings. The van der Waals surface area contributed by atoms with Crippen LogP contribution in [0.3, 0.4) is 0 Å². The van der Waals surface area contributed by atoms with Gasteiger partial charge in [-0.3, -0.25) is 4.79 Å². The number of anilines is 1. The summed E-state index contributed by atoms with van der Waals surface area (Å²) in [5.41, 5.74) is 2.33. The molecule has 0 bridgehead atoms. The van der Waals surface area contributed by atoms with Crippen LogP contribution in [0.15, 0.2) is 36.7 Å². The molecule has 2 fully saturated rings. The molecule has 0 aliphatic carbocycles. The number of nitrogens with one attached hydrogen (secondary N) is 1. The fourth-order valence-corrected chi connectivity index (χ4v) is 6.42. The van der Waals surface area contributed by atoms with Crippen LogP contribution in [0.25, 0.3) is 10.2 Å². The van der Waals surface area contributed by atoms with Crippen LogP contribution in [0.2, 0.25) is 0 Å². The summed E-state index contributed by atoms with van der Waals surface area (Å²) < 4.78 is 5.69. The van der Waals surface area contributed by atoms with E-state index in [9.17, 15) is 4.79 Å². The molecule has 1 atom stereocenters. The van der Waals surface area contributed by atoms with Gasteiger partial charge in [0.25, 0.3) is 5.91 Å². The average molecular weight is 465 g/mol. The topological polar surface area (TPSA) is 67.4 Å². The lowest BCUT2D eigenvalue weighted by Crippen LogP contribution is -2.40.